The van der Waals surface area contributed by atoms with Gasteiger partial charge >= 0.3 is 5.97 Å². The van der Waals surface area contributed by atoms with Crippen molar-refractivity contribution in [3.8, 4) is 0 Å². The Labute approximate surface area is 66.4 Å². The van der Waals surface area contributed by atoms with Crippen LogP contribution in [0.5, 0.6) is 0 Å². The summed E-state index contributed by atoms with van der Waals surface area (Å²) < 4.78 is 0. The molecule has 0 aliphatic rings. The molecule has 0 aliphatic carbocycles. The van der Waals surface area contributed by atoms with Crippen LogP contribution >= 0.6 is 0 Å². The van der Waals surface area contributed by atoms with Crippen LogP contribution in [-0.2, 0) is 4.79 Å². The van der Waals surface area contributed by atoms with Gasteiger partial charge in [-0.25, -0.2) is 4.79 Å². The number of aliphatic carboxylic acids is 1. The molecule has 0 rings (SSSR count). The molecule has 0 aromatic heterocycles. The van der Waals surface area contributed by atoms with Gasteiger partial charge in [0, 0.05) is 12.0 Å². The van der Waals surface area contributed by atoms with Crippen LogP contribution in [0, 0.1) is 5.92 Å². The first kappa shape index (κ1) is 10.2. The molecule has 0 saturated heterocycles. The zero-order valence-corrected chi connectivity index (χ0v) is 6.82. The number of carbonyl (C=O) groups is 1. The molecule has 3 heteroatoms. The minimum absolute atomic E-state index is 0.0869. The van der Waals surface area contributed by atoms with Crippen molar-refractivity contribution in [2.75, 3.05) is 0 Å². The smallest absolute Gasteiger partial charge is 0.327 e. The van der Waals surface area contributed by atoms with E-state index in [1.54, 1.807) is 6.92 Å². The van der Waals surface area contributed by atoms with Crippen LogP contribution in [0.4, 0.5) is 0 Å². The SMILES string of the molecule is CC[C@@H](O)[C@H](C)C=CC(=O)O. The Hall–Kier alpha value is -0.830. The average molecular weight is 158 g/mol. The maximum atomic E-state index is 10.0. The van der Waals surface area contributed by atoms with E-state index in [0.717, 1.165) is 6.08 Å². The van der Waals surface area contributed by atoms with E-state index in [2.05, 4.69) is 0 Å². The van der Waals surface area contributed by atoms with Gasteiger partial charge in [-0.2, -0.15) is 0 Å². The summed E-state index contributed by atoms with van der Waals surface area (Å²) in [6, 6.07) is 0. The van der Waals surface area contributed by atoms with Crippen LogP contribution in [0.25, 0.3) is 0 Å². The summed E-state index contributed by atoms with van der Waals surface area (Å²) in [5, 5.41) is 17.4. The standard InChI is InChI=1S/C8H14O3/c1-3-7(9)6(2)4-5-8(10)11/h4-7,9H,3H2,1-2H3,(H,10,11)/t6-,7-/m1/s1. The quantitative estimate of drug-likeness (QED) is 0.601. The Bertz CT molecular complexity index is 151. The number of hydrogen-bond acceptors (Lipinski definition) is 2. The molecular formula is C8H14O3. The van der Waals surface area contributed by atoms with Gasteiger partial charge < -0.3 is 10.2 Å². The van der Waals surface area contributed by atoms with Gasteiger partial charge in [-0.05, 0) is 6.42 Å². The van der Waals surface area contributed by atoms with E-state index < -0.39 is 12.1 Å². The molecule has 2 atom stereocenters. The van der Waals surface area contributed by atoms with Crippen molar-refractivity contribution < 1.29 is 15.0 Å². The van der Waals surface area contributed by atoms with E-state index >= 15 is 0 Å². The van der Waals surface area contributed by atoms with E-state index in [9.17, 15) is 9.90 Å². The van der Waals surface area contributed by atoms with Crippen LogP contribution in [0.3, 0.4) is 0 Å². The maximum absolute atomic E-state index is 10.0. The van der Waals surface area contributed by atoms with Crippen molar-refractivity contribution >= 4 is 5.97 Å². The average Bonchev–Trinajstić information content (AvgIpc) is 1.98. The van der Waals surface area contributed by atoms with E-state index in [1.165, 1.54) is 6.08 Å². The molecule has 0 saturated carbocycles. The first-order valence-corrected chi connectivity index (χ1v) is 3.67. The lowest BCUT2D eigenvalue weighted by Gasteiger charge is -2.11. The topological polar surface area (TPSA) is 57.5 Å². The minimum atomic E-state index is -0.972. The third kappa shape index (κ3) is 4.56. The number of aliphatic hydroxyl groups excluding tert-OH is 1. The Morgan fingerprint density at radius 1 is 1.64 bits per heavy atom. The second kappa shape index (κ2) is 4.91. The monoisotopic (exact) mass is 158 g/mol. The van der Waals surface area contributed by atoms with Crippen LogP contribution in [0.2, 0.25) is 0 Å². The van der Waals surface area contributed by atoms with Gasteiger partial charge in [0.1, 0.15) is 0 Å². The van der Waals surface area contributed by atoms with E-state index in [-0.39, 0.29) is 5.92 Å². The number of rotatable bonds is 4. The number of carboxylic acid groups (broad SMARTS) is 1. The van der Waals surface area contributed by atoms with Gasteiger partial charge in [0.05, 0.1) is 6.10 Å². The van der Waals surface area contributed by atoms with Gasteiger partial charge in [0.25, 0.3) is 0 Å². The minimum Gasteiger partial charge on any atom is -0.478 e. The van der Waals surface area contributed by atoms with Crippen LogP contribution in [0.1, 0.15) is 20.3 Å². The van der Waals surface area contributed by atoms with Crippen LogP contribution in [0.15, 0.2) is 12.2 Å². The Morgan fingerprint density at radius 2 is 2.18 bits per heavy atom. The van der Waals surface area contributed by atoms with Gasteiger partial charge in [-0.3, -0.25) is 0 Å². The summed E-state index contributed by atoms with van der Waals surface area (Å²) in [6.07, 6.45) is 2.76. The Balaban J connectivity index is 3.85. The molecule has 0 fully saturated rings. The maximum Gasteiger partial charge on any atom is 0.327 e. The lowest BCUT2D eigenvalue weighted by Crippen LogP contribution is -2.14. The molecule has 0 spiro atoms. The van der Waals surface area contributed by atoms with E-state index in [0.29, 0.717) is 6.42 Å². The highest BCUT2D eigenvalue weighted by Gasteiger charge is 2.07. The highest BCUT2D eigenvalue weighted by molar-refractivity contribution is 5.79. The van der Waals surface area contributed by atoms with Crippen LogP contribution in [-0.4, -0.2) is 22.3 Å². The van der Waals surface area contributed by atoms with Crippen LogP contribution < -0.4 is 0 Å². The molecule has 0 heterocycles. The third-order valence-corrected chi connectivity index (χ3v) is 1.57. The predicted molar refractivity (Wildman–Crippen MR) is 42.2 cm³/mol. The normalized spacial score (nSPS) is 16.6. The fourth-order valence-electron chi connectivity index (χ4n) is 0.734. The van der Waals surface area contributed by atoms with Gasteiger partial charge in [0.2, 0.25) is 0 Å². The lowest BCUT2D eigenvalue weighted by atomic mass is 10.0. The van der Waals surface area contributed by atoms with Crippen molar-refractivity contribution in [3.05, 3.63) is 12.2 Å². The molecule has 0 unspecified atom stereocenters. The fourth-order valence-corrected chi connectivity index (χ4v) is 0.734. The van der Waals surface area contributed by atoms with Crippen molar-refractivity contribution in [2.24, 2.45) is 5.92 Å². The third-order valence-electron chi connectivity index (χ3n) is 1.57. The van der Waals surface area contributed by atoms with E-state index in [4.69, 9.17) is 5.11 Å². The molecule has 3 nitrogen and oxygen atoms in total. The van der Waals surface area contributed by atoms with Crippen molar-refractivity contribution in [1.29, 1.82) is 0 Å². The second-order valence-corrected chi connectivity index (χ2v) is 2.53. The van der Waals surface area contributed by atoms with Crippen molar-refractivity contribution in [1.82, 2.24) is 0 Å². The number of aliphatic hydroxyl groups is 1. The predicted octanol–water partition coefficient (Wildman–Crippen LogP) is 1.03. The summed E-state index contributed by atoms with van der Waals surface area (Å²) in [7, 11) is 0. The Kier molecular flexibility index (Phi) is 4.54. The van der Waals surface area contributed by atoms with Gasteiger partial charge in [0.15, 0.2) is 0 Å². The highest BCUT2D eigenvalue weighted by atomic mass is 16.4. The van der Waals surface area contributed by atoms with Crippen molar-refractivity contribution in [3.63, 3.8) is 0 Å². The molecule has 0 amide bonds. The molecule has 64 valence electrons. The number of carboxylic acids is 1. The molecule has 0 aliphatic heterocycles. The summed E-state index contributed by atoms with van der Waals surface area (Å²) in [6.45, 7) is 3.64. The summed E-state index contributed by atoms with van der Waals surface area (Å²) in [5.74, 6) is -1.06. The zero-order valence-electron chi connectivity index (χ0n) is 6.82. The fraction of sp³-hybridized carbons (Fsp3) is 0.625. The lowest BCUT2D eigenvalue weighted by molar-refractivity contribution is -0.131. The summed E-state index contributed by atoms with van der Waals surface area (Å²) in [5.41, 5.74) is 0. The zero-order chi connectivity index (χ0) is 8.85. The second-order valence-electron chi connectivity index (χ2n) is 2.53. The molecule has 0 radical (unpaired) electrons. The first-order valence-electron chi connectivity index (χ1n) is 3.67. The van der Waals surface area contributed by atoms with E-state index in [1.807, 2.05) is 6.92 Å². The molecule has 0 aromatic carbocycles. The largest absolute Gasteiger partial charge is 0.478 e. The van der Waals surface area contributed by atoms with Crippen molar-refractivity contribution in [2.45, 2.75) is 26.4 Å². The molecule has 0 aromatic rings. The molecule has 11 heavy (non-hydrogen) atoms. The summed E-state index contributed by atoms with van der Waals surface area (Å²) >= 11 is 0. The molecular weight excluding hydrogens is 144 g/mol. The summed E-state index contributed by atoms with van der Waals surface area (Å²) in [4.78, 5) is 10.0. The molecule has 2 N–H and O–H groups in total. The molecule has 0 bridgehead atoms. The Morgan fingerprint density at radius 3 is 2.55 bits per heavy atom. The number of hydrogen-bond donors (Lipinski definition) is 2. The first-order chi connectivity index (χ1) is 5.07. The van der Waals surface area contributed by atoms with Gasteiger partial charge in [-0.15, -0.1) is 0 Å². The van der Waals surface area contributed by atoms with Gasteiger partial charge in [-0.1, -0.05) is 19.9 Å². The highest BCUT2D eigenvalue weighted by Crippen LogP contribution is 2.07.